The second-order valence-corrected chi connectivity index (χ2v) is 9.21. The second-order valence-electron chi connectivity index (χ2n) is 8.27. The number of carbonyl (C=O) groups is 3. The van der Waals surface area contributed by atoms with E-state index in [1.165, 1.54) is 24.8 Å². The van der Waals surface area contributed by atoms with Crippen LogP contribution in [0, 0.1) is 0 Å². The number of hydrogen-bond donors (Lipinski definition) is 3. The maximum Gasteiger partial charge on any atom is 0.248 e. The fourth-order valence-corrected chi connectivity index (χ4v) is 4.19. The fraction of sp³-hybridized carbons (Fsp3) is 0.107. The van der Waals surface area contributed by atoms with Gasteiger partial charge in [0.1, 0.15) is 0 Å². The molecule has 0 atom stereocenters. The molecule has 4 rings (SSSR count). The zero-order chi connectivity index (χ0) is 26.9. The van der Waals surface area contributed by atoms with Crippen LogP contribution in [0.4, 0.5) is 17.1 Å². The molecule has 0 aliphatic heterocycles. The van der Waals surface area contributed by atoms with E-state index in [4.69, 9.17) is 0 Å². The van der Waals surface area contributed by atoms with E-state index < -0.39 is 0 Å². The molecule has 0 saturated heterocycles. The minimum atomic E-state index is -0.221. The Morgan fingerprint density at radius 1 is 0.816 bits per heavy atom. The first kappa shape index (κ1) is 26.4. The number of amides is 3. The average Bonchev–Trinajstić information content (AvgIpc) is 3.28. The Morgan fingerprint density at radius 3 is 2.08 bits per heavy atom. The Morgan fingerprint density at radius 2 is 1.42 bits per heavy atom. The standard InChI is InChI=1S/C28H26N6O3S/c1-19(35)29-22-13-15-24(16-14-22)31-26(37)18-38-28-33-32-27(34(28)2)21-9-11-23(12-10-21)30-25(36)17-8-20-6-4-3-5-7-20/h3-17H,18H2,1-2H3,(H,29,35)(H,30,36)(H,31,37)/b17-8+. The molecule has 192 valence electrons. The third-order valence-corrected chi connectivity index (χ3v) is 6.31. The Hall–Kier alpha value is -4.70. The van der Waals surface area contributed by atoms with E-state index >= 15 is 0 Å². The average molecular weight is 527 g/mol. The van der Waals surface area contributed by atoms with Crippen molar-refractivity contribution < 1.29 is 14.4 Å². The Bertz CT molecular complexity index is 1450. The lowest BCUT2D eigenvalue weighted by molar-refractivity contribution is -0.114. The zero-order valence-electron chi connectivity index (χ0n) is 20.8. The molecule has 9 nitrogen and oxygen atoms in total. The van der Waals surface area contributed by atoms with Gasteiger partial charge in [0.05, 0.1) is 5.75 Å². The lowest BCUT2D eigenvalue weighted by Gasteiger charge is -2.07. The SMILES string of the molecule is CC(=O)Nc1ccc(NC(=O)CSc2nnc(-c3ccc(NC(=O)/C=C/c4ccccc4)cc3)n2C)cc1. The van der Waals surface area contributed by atoms with Gasteiger partial charge in [-0.25, -0.2) is 0 Å². The summed E-state index contributed by atoms with van der Waals surface area (Å²) in [6.45, 7) is 1.44. The fourth-order valence-electron chi connectivity index (χ4n) is 3.48. The Balaban J connectivity index is 1.30. The van der Waals surface area contributed by atoms with E-state index in [0.717, 1.165) is 11.1 Å². The van der Waals surface area contributed by atoms with Gasteiger partial charge in [-0.1, -0.05) is 42.1 Å². The number of anilines is 3. The van der Waals surface area contributed by atoms with Crippen LogP contribution in [0.2, 0.25) is 0 Å². The molecule has 3 amide bonds. The number of hydrogen-bond acceptors (Lipinski definition) is 6. The van der Waals surface area contributed by atoms with Gasteiger partial charge in [0.25, 0.3) is 0 Å². The number of carbonyl (C=O) groups excluding carboxylic acids is 3. The minimum absolute atomic E-state index is 0.154. The van der Waals surface area contributed by atoms with E-state index in [-0.39, 0.29) is 23.5 Å². The summed E-state index contributed by atoms with van der Waals surface area (Å²) in [5, 5.41) is 17.4. The van der Waals surface area contributed by atoms with Gasteiger partial charge in [-0.3, -0.25) is 14.4 Å². The van der Waals surface area contributed by atoms with Crippen LogP contribution >= 0.6 is 11.8 Å². The number of thioether (sulfide) groups is 1. The highest BCUT2D eigenvalue weighted by Crippen LogP contribution is 2.24. The predicted octanol–water partition coefficient (Wildman–Crippen LogP) is 4.82. The molecule has 0 bridgehead atoms. The molecule has 1 heterocycles. The quantitative estimate of drug-likeness (QED) is 0.213. The Labute approximate surface area is 224 Å². The first-order chi connectivity index (χ1) is 18.4. The molecule has 0 aliphatic carbocycles. The molecule has 0 unspecified atom stereocenters. The predicted molar refractivity (Wildman–Crippen MR) is 151 cm³/mol. The molecule has 0 aliphatic rings. The maximum absolute atomic E-state index is 12.4. The van der Waals surface area contributed by atoms with Crippen LogP contribution < -0.4 is 16.0 Å². The van der Waals surface area contributed by atoms with Gasteiger partial charge in [-0.05, 0) is 60.2 Å². The highest BCUT2D eigenvalue weighted by molar-refractivity contribution is 7.99. The van der Waals surface area contributed by atoms with Crippen molar-refractivity contribution in [3.05, 3.63) is 90.5 Å². The third-order valence-electron chi connectivity index (χ3n) is 5.29. The van der Waals surface area contributed by atoms with Crippen LogP contribution in [0.25, 0.3) is 17.5 Å². The van der Waals surface area contributed by atoms with Crippen molar-refractivity contribution in [1.82, 2.24) is 14.8 Å². The van der Waals surface area contributed by atoms with E-state index in [2.05, 4.69) is 26.1 Å². The van der Waals surface area contributed by atoms with Crippen LogP contribution in [0.5, 0.6) is 0 Å². The van der Waals surface area contributed by atoms with Crippen molar-refractivity contribution >= 4 is 52.6 Å². The maximum atomic E-state index is 12.4. The summed E-state index contributed by atoms with van der Waals surface area (Å²) in [5.41, 5.74) is 3.73. The van der Waals surface area contributed by atoms with E-state index in [0.29, 0.717) is 28.0 Å². The molecular formula is C28H26N6O3S. The number of benzene rings is 3. The molecule has 0 radical (unpaired) electrons. The van der Waals surface area contributed by atoms with Crippen LogP contribution in [0.15, 0.2) is 90.1 Å². The van der Waals surface area contributed by atoms with Gasteiger partial charge in [0.2, 0.25) is 17.7 Å². The topological polar surface area (TPSA) is 118 Å². The summed E-state index contributed by atoms with van der Waals surface area (Å²) in [6, 6.07) is 23.8. The van der Waals surface area contributed by atoms with Gasteiger partial charge < -0.3 is 20.5 Å². The zero-order valence-corrected chi connectivity index (χ0v) is 21.7. The lowest BCUT2D eigenvalue weighted by atomic mass is 10.2. The highest BCUT2D eigenvalue weighted by atomic mass is 32.2. The van der Waals surface area contributed by atoms with Gasteiger partial charge in [-0.2, -0.15) is 0 Å². The molecule has 4 aromatic rings. The van der Waals surface area contributed by atoms with Crippen molar-refractivity contribution in [3.8, 4) is 11.4 Å². The van der Waals surface area contributed by atoms with Crippen molar-refractivity contribution in [3.63, 3.8) is 0 Å². The van der Waals surface area contributed by atoms with Crippen LogP contribution in [-0.4, -0.2) is 38.2 Å². The summed E-state index contributed by atoms with van der Waals surface area (Å²) in [4.78, 5) is 35.7. The van der Waals surface area contributed by atoms with Crippen molar-refractivity contribution in [1.29, 1.82) is 0 Å². The number of nitrogens with zero attached hydrogens (tertiary/aromatic N) is 3. The second kappa shape index (κ2) is 12.5. The van der Waals surface area contributed by atoms with Gasteiger partial charge in [-0.15, -0.1) is 10.2 Å². The van der Waals surface area contributed by atoms with Gasteiger partial charge >= 0.3 is 0 Å². The molecule has 38 heavy (non-hydrogen) atoms. The number of nitrogens with one attached hydrogen (secondary N) is 3. The van der Waals surface area contributed by atoms with Crippen LogP contribution in [0.3, 0.4) is 0 Å². The first-order valence-electron chi connectivity index (χ1n) is 11.7. The first-order valence-corrected chi connectivity index (χ1v) is 12.7. The lowest BCUT2D eigenvalue weighted by Crippen LogP contribution is -2.14. The van der Waals surface area contributed by atoms with Crippen LogP contribution in [-0.2, 0) is 21.4 Å². The molecular weight excluding hydrogens is 500 g/mol. The molecule has 1 aromatic heterocycles. The summed E-state index contributed by atoms with van der Waals surface area (Å²) < 4.78 is 1.82. The summed E-state index contributed by atoms with van der Waals surface area (Å²) in [7, 11) is 1.83. The Kier molecular flexibility index (Phi) is 8.68. The van der Waals surface area contributed by atoms with Crippen molar-refractivity contribution in [2.45, 2.75) is 12.1 Å². The number of rotatable bonds is 9. The summed E-state index contributed by atoms with van der Waals surface area (Å²) in [6.07, 6.45) is 3.25. The van der Waals surface area contributed by atoms with Gasteiger partial charge in [0, 0.05) is 42.7 Å². The third kappa shape index (κ3) is 7.40. The molecule has 0 saturated carbocycles. The monoisotopic (exact) mass is 526 g/mol. The van der Waals surface area contributed by atoms with Crippen molar-refractivity contribution in [2.24, 2.45) is 7.05 Å². The van der Waals surface area contributed by atoms with Crippen LogP contribution in [0.1, 0.15) is 12.5 Å². The summed E-state index contributed by atoms with van der Waals surface area (Å²) >= 11 is 1.27. The highest BCUT2D eigenvalue weighted by Gasteiger charge is 2.13. The molecule has 10 heteroatoms. The van der Waals surface area contributed by atoms with E-state index in [9.17, 15) is 14.4 Å². The smallest absolute Gasteiger partial charge is 0.248 e. The molecule has 0 spiro atoms. The van der Waals surface area contributed by atoms with E-state index in [1.807, 2.05) is 54.1 Å². The normalized spacial score (nSPS) is 10.8. The minimum Gasteiger partial charge on any atom is -0.326 e. The van der Waals surface area contributed by atoms with E-state index in [1.54, 1.807) is 42.5 Å². The largest absolute Gasteiger partial charge is 0.326 e. The molecule has 0 fully saturated rings. The number of aromatic nitrogens is 3. The van der Waals surface area contributed by atoms with Gasteiger partial charge in [0.15, 0.2) is 11.0 Å². The van der Waals surface area contributed by atoms with Crippen molar-refractivity contribution in [2.75, 3.05) is 21.7 Å². The summed E-state index contributed by atoms with van der Waals surface area (Å²) in [5.74, 6) is 0.231. The molecule has 3 N–H and O–H groups in total. The molecule has 3 aromatic carbocycles.